The number of anilines is 1. The van der Waals surface area contributed by atoms with Crippen LogP contribution in [-0.4, -0.2) is 17.9 Å². The summed E-state index contributed by atoms with van der Waals surface area (Å²) in [6, 6.07) is 19.3. The second-order valence-corrected chi connectivity index (χ2v) is 7.66. The summed E-state index contributed by atoms with van der Waals surface area (Å²) in [6.07, 6.45) is 2.59. The number of para-hydroxylation sites is 1. The quantitative estimate of drug-likeness (QED) is 0.603. The van der Waals surface area contributed by atoms with E-state index in [1.165, 1.54) is 4.90 Å². The van der Waals surface area contributed by atoms with E-state index in [1.54, 1.807) is 0 Å². The normalized spacial score (nSPS) is 32.3. The summed E-state index contributed by atoms with van der Waals surface area (Å²) >= 11 is 0. The van der Waals surface area contributed by atoms with E-state index in [0.717, 1.165) is 17.6 Å². The minimum atomic E-state index is -0.429. The molecule has 0 unspecified atom stereocenters. The van der Waals surface area contributed by atoms with Gasteiger partial charge < -0.3 is 4.74 Å². The second kappa shape index (κ2) is 6.17. The molecule has 27 heavy (non-hydrogen) atoms. The Kier molecular flexibility index (Phi) is 3.76. The molecule has 2 fully saturated rings. The third-order valence-corrected chi connectivity index (χ3v) is 6.05. The summed E-state index contributed by atoms with van der Waals surface area (Å²) < 4.78 is 6.35. The average Bonchev–Trinajstić information content (AvgIpc) is 3.22. The molecule has 5 atom stereocenters. The molecule has 0 radical (unpaired) electrons. The first-order chi connectivity index (χ1) is 13.1. The number of ether oxygens (including phenoxy) is 1. The SMILES string of the molecule is C[C@H]1C=C2C[C@H](c3ccccc3)O[C@H]2[C@H]2C(=O)N(c3ccccc3)C(=O)[C@H]21. The van der Waals surface area contributed by atoms with Crippen LogP contribution in [0.25, 0.3) is 0 Å². The Morgan fingerprint density at radius 3 is 2.22 bits per heavy atom. The summed E-state index contributed by atoms with van der Waals surface area (Å²) in [5, 5.41) is 0. The lowest BCUT2D eigenvalue weighted by atomic mass is 9.73. The van der Waals surface area contributed by atoms with Gasteiger partial charge in [0, 0.05) is 6.42 Å². The van der Waals surface area contributed by atoms with Gasteiger partial charge >= 0.3 is 0 Å². The van der Waals surface area contributed by atoms with Crippen LogP contribution < -0.4 is 4.90 Å². The van der Waals surface area contributed by atoms with Crippen LogP contribution in [0.5, 0.6) is 0 Å². The minimum absolute atomic E-state index is 0.0320. The van der Waals surface area contributed by atoms with Crippen molar-refractivity contribution in [2.75, 3.05) is 4.90 Å². The molecule has 2 aliphatic heterocycles. The smallest absolute Gasteiger partial charge is 0.240 e. The number of imide groups is 1. The van der Waals surface area contributed by atoms with Gasteiger partial charge in [-0.1, -0.05) is 61.5 Å². The first kappa shape index (κ1) is 16.5. The van der Waals surface area contributed by atoms with Crippen LogP contribution in [0.1, 0.15) is 25.0 Å². The Labute approximate surface area is 158 Å². The molecule has 5 rings (SSSR count). The zero-order chi connectivity index (χ0) is 18.5. The van der Waals surface area contributed by atoms with Gasteiger partial charge in [-0.05, 0) is 29.2 Å². The minimum Gasteiger partial charge on any atom is -0.365 e. The van der Waals surface area contributed by atoms with Crippen LogP contribution >= 0.6 is 0 Å². The molecule has 4 heteroatoms. The van der Waals surface area contributed by atoms with Crippen molar-refractivity contribution in [3.8, 4) is 0 Å². The van der Waals surface area contributed by atoms with Gasteiger partial charge in [-0.2, -0.15) is 0 Å². The number of carbonyl (C=O) groups excluding carboxylic acids is 2. The van der Waals surface area contributed by atoms with Gasteiger partial charge in [0.1, 0.15) is 0 Å². The van der Waals surface area contributed by atoms with E-state index in [9.17, 15) is 9.59 Å². The molecule has 0 saturated carbocycles. The number of hydrogen-bond donors (Lipinski definition) is 0. The first-order valence-corrected chi connectivity index (χ1v) is 9.49. The largest absolute Gasteiger partial charge is 0.365 e. The number of hydrogen-bond acceptors (Lipinski definition) is 3. The van der Waals surface area contributed by atoms with E-state index in [4.69, 9.17) is 4.74 Å². The van der Waals surface area contributed by atoms with E-state index >= 15 is 0 Å². The predicted molar refractivity (Wildman–Crippen MR) is 102 cm³/mol. The Morgan fingerprint density at radius 1 is 0.889 bits per heavy atom. The zero-order valence-corrected chi connectivity index (χ0v) is 15.1. The van der Waals surface area contributed by atoms with Gasteiger partial charge in [-0.15, -0.1) is 0 Å². The number of nitrogens with zero attached hydrogens (tertiary/aromatic N) is 1. The molecule has 0 spiro atoms. The number of amides is 2. The number of benzene rings is 2. The lowest BCUT2D eigenvalue weighted by molar-refractivity contribution is -0.126. The molecule has 2 saturated heterocycles. The molecule has 2 amide bonds. The molecule has 0 aromatic heterocycles. The summed E-state index contributed by atoms with van der Waals surface area (Å²) in [4.78, 5) is 27.8. The van der Waals surface area contributed by atoms with Crippen molar-refractivity contribution in [3.63, 3.8) is 0 Å². The van der Waals surface area contributed by atoms with Crippen LogP contribution in [0.3, 0.4) is 0 Å². The molecule has 2 aromatic rings. The second-order valence-electron chi connectivity index (χ2n) is 7.66. The van der Waals surface area contributed by atoms with E-state index in [-0.39, 0.29) is 35.9 Å². The maximum atomic E-state index is 13.3. The summed E-state index contributed by atoms with van der Waals surface area (Å²) in [7, 11) is 0. The monoisotopic (exact) mass is 359 g/mol. The maximum Gasteiger partial charge on any atom is 0.240 e. The van der Waals surface area contributed by atoms with E-state index < -0.39 is 5.92 Å². The van der Waals surface area contributed by atoms with E-state index in [0.29, 0.717) is 5.69 Å². The van der Waals surface area contributed by atoms with Crippen molar-refractivity contribution < 1.29 is 14.3 Å². The molecule has 4 nitrogen and oxygen atoms in total. The van der Waals surface area contributed by atoms with Gasteiger partial charge in [-0.3, -0.25) is 9.59 Å². The third-order valence-electron chi connectivity index (χ3n) is 6.05. The van der Waals surface area contributed by atoms with Crippen molar-refractivity contribution in [1.29, 1.82) is 0 Å². The van der Waals surface area contributed by atoms with Crippen molar-refractivity contribution in [3.05, 3.63) is 77.9 Å². The van der Waals surface area contributed by atoms with Crippen LogP contribution in [0.4, 0.5) is 5.69 Å². The highest BCUT2D eigenvalue weighted by molar-refractivity contribution is 6.22. The van der Waals surface area contributed by atoms with Crippen molar-refractivity contribution in [2.24, 2.45) is 17.8 Å². The average molecular weight is 359 g/mol. The van der Waals surface area contributed by atoms with Crippen LogP contribution in [0.2, 0.25) is 0 Å². The van der Waals surface area contributed by atoms with Gasteiger partial charge in [0.25, 0.3) is 0 Å². The van der Waals surface area contributed by atoms with Crippen molar-refractivity contribution in [2.45, 2.75) is 25.6 Å². The maximum absolute atomic E-state index is 13.3. The van der Waals surface area contributed by atoms with Crippen LogP contribution in [0, 0.1) is 17.8 Å². The fourth-order valence-corrected chi connectivity index (χ4v) is 4.84. The van der Waals surface area contributed by atoms with Gasteiger partial charge in [0.15, 0.2) is 0 Å². The fourth-order valence-electron chi connectivity index (χ4n) is 4.84. The third kappa shape index (κ3) is 2.47. The number of allylic oxidation sites excluding steroid dienone is 1. The van der Waals surface area contributed by atoms with E-state index in [2.05, 4.69) is 18.2 Å². The van der Waals surface area contributed by atoms with Gasteiger partial charge in [-0.25, -0.2) is 4.90 Å². The Morgan fingerprint density at radius 2 is 1.52 bits per heavy atom. The molecule has 136 valence electrons. The highest BCUT2D eigenvalue weighted by Gasteiger charge is 2.58. The summed E-state index contributed by atoms with van der Waals surface area (Å²) in [6.45, 7) is 2.04. The Balaban J connectivity index is 1.50. The summed E-state index contributed by atoms with van der Waals surface area (Å²) in [5.41, 5.74) is 2.93. The Bertz CT molecular complexity index is 921. The predicted octanol–water partition coefficient (Wildman–Crippen LogP) is 3.90. The molecule has 2 heterocycles. The molecule has 0 bridgehead atoms. The standard InChI is InChI=1S/C23H21NO3/c1-14-12-16-13-18(15-8-4-2-5-9-15)27-21(16)20-19(14)22(25)24(23(20)26)17-10-6-3-7-11-17/h2-12,14,18-21H,13H2,1H3/t14-,18+,19-,20-,21+/m0/s1. The lowest BCUT2D eigenvalue weighted by Crippen LogP contribution is -2.38. The first-order valence-electron chi connectivity index (χ1n) is 9.49. The molecular formula is C23H21NO3. The Hall–Kier alpha value is -2.72. The zero-order valence-electron chi connectivity index (χ0n) is 15.1. The van der Waals surface area contributed by atoms with Crippen molar-refractivity contribution in [1.82, 2.24) is 0 Å². The number of carbonyl (C=O) groups is 2. The highest BCUT2D eigenvalue weighted by Crippen LogP contribution is 2.50. The molecule has 0 N–H and O–H groups in total. The number of fused-ring (bicyclic) bond motifs is 3. The molecular weight excluding hydrogens is 338 g/mol. The van der Waals surface area contributed by atoms with Crippen LogP contribution in [0.15, 0.2) is 72.3 Å². The lowest BCUT2D eigenvalue weighted by Gasteiger charge is -2.30. The van der Waals surface area contributed by atoms with Crippen molar-refractivity contribution >= 4 is 17.5 Å². The molecule has 2 aromatic carbocycles. The highest BCUT2D eigenvalue weighted by atomic mass is 16.5. The molecule has 3 aliphatic rings. The molecule has 1 aliphatic carbocycles. The van der Waals surface area contributed by atoms with Gasteiger partial charge in [0.05, 0.1) is 29.7 Å². The summed E-state index contributed by atoms with van der Waals surface area (Å²) in [5.74, 6) is -0.981. The topological polar surface area (TPSA) is 46.6 Å². The van der Waals surface area contributed by atoms with Gasteiger partial charge in [0.2, 0.25) is 11.8 Å². The fraction of sp³-hybridized carbons (Fsp3) is 0.304. The van der Waals surface area contributed by atoms with E-state index in [1.807, 2.05) is 55.5 Å². The number of rotatable bonds is 2. The van der Waals surface area contributed by atoms with Crippen LogP contribution in [-0.2, 0) is 14.3 Å².